The summed E-state index contributed by atoms with van der Waals surface area (Å²) >= 11 is 0. The zero-order valence-corrected chi connectivity index (χ0v) is 10.1. The lowest BCUT2D eigenvalue weighted by molar-refractivity contribution is 0.112. The number of nitrogens with zero attached hydrogens (tertiary/aromatic N) is 1. The molecule has 1 saturated carbocycles. The molecule has 0 atom stereocenters. The molecule has 0 unspecified atom stereocenters. The van der Waals surface area contributed by atoms with Crippen LogP contribution >= 0.6 is 0 Å². The molecule has 0 radical (unpaired) electrons. The molecule has 0 aliphatic heterocycles. The van der Waals surface area contributed by atoms with Crippen molar-refractivity contribution >= 4 is 12.0 Å². The lowest BCUT2D eigenvalue weighted by atomic mass is 10.1. The maximum absolute atomic E-state index is 10.8. The molecular formula is C15H17NO. The van der Waals surface area contributed by atoms with Crippen molar-refractivity contribution in [1.29, 1.82) is 0 Å². The molecule has 2 rings (SSSR count). The van der Waals surface area contributed by atoms with Crippen LogP contribution in [-0.4, -0.2) is 19.4 Å². The van der Waals surface area contributed by atoms with Crippen LogP contribution in [0.3, 0.4) is 0 Å². The first-order chi connectivity index (χ1) is 8.24. The summed E-state index contributed by atoms with van der Waals surface area (Å²) in [5, 5.41) is 0. The molecule has 0 bridgehead atoms. The highest BCUT2D eigenvalue weighted by atomic mass is 16.1. The van der Waals surface area contributed by atoms with Gasteiger partial charge in [-0.05, 0) is 49.4 Å². The predicted octanol–water partition coefficient (Wildman–Crippen LogP) is 2.66. The van der Waals surface area contributed by atoms with Gasteiger partial charge in [-0.1, -0.05) is 5.92 Å². The summed E-state index contributed by atoms with van der Waals surface area (Å²) < 4.78 is 0. The topological polar surface area (TPSA) is 20.3 Å². The lowest BCUT2D eigenvalue weighted by Gasteiger charge is -2.23. The summed E-state index contributed by atoms with van der Waals surface area (Å²) in [5.74, 6) is 3.50. The Labute approximate surface area is 103 Å². The van der Waals surface area contributed by atoms with Gasteiger partial charge in [-0.15, -0.1) is 6.42 Å². The highest BCUT2D eigenvalue weighted by Gasteiger charge is 2.24. The Morgan fingerprint density at radius 1 is 1.53 bits per heavy atom. The smallest absolute Gasteiger partial charge is 0.150 e. The van der Waals surface area contributed by atoms with Crippen molar-refractivity contribution in [2.45, 2.75) is 19.8 Å². The van der Waals surface area contributed by atoms with Gasteiger partial charge in [0.25, 0.3) is 0 Å². The number of aldehydes is 1. The molecule has 0 spiro atoms. The van der Waals surface area contributed by atoms with Crippen LogP contribution in [-0.2, 0) is 0 Å². The monoisotopic (exact) mass is 227 g/mol. The van der Waals surface area contributed by atoms with E-state index in [9.17, 15) is 4.79 Å². The van der Waals surface area contributed by atoms with Gasteiger partial charge in [0, 0.05) is 17.8 Å². The third kappa shape index (κ3) is 2.88. The molecule has 0 saturated heterocycles. The van der Waals surface area contributed by atoms with Crippen LogP contribution in [0.5, 0.6) is 0 Å². The van der Waals surface area contributed by atoms with E-state index in [0.717, 1.165) is 35.6 Å². The van der Waals surface area contributed by atoms with Crippen LogP contribution in [0.2, 0.25) is 0 Å². The van der Waals surface area contributed by atoms with Crippen molar-refractivity contribution in [2.75, 3.05) is 18.0 Å². The Bertz CT molecular complexity index is 454. The first-order valence-electron chi connectivity index (χ1n) is 5.99. The van der Waals surface area contributed by atoms with Crippen LogP contribution in [0.25, 0.3) is 0 Å². The molecule has 88 valence electrons. The van der Waals surface area contributed by atoms with Crippen LogP contribution in [0, 0.1) is 25.2 Å². The summed E-state index contributed by atoms with van der Waals surface area (Å²) in [6.45, 7) is 3.62. The molecule has 1 aromatic rings. The van der Waals surface area contributed by atoms with Gasteiger partial charge < -0.3 is 4.90 Å². The van der Waals surface area contributed by atoms with Gasteiger partial charge in [-0.2, -0.15) is 0 Å². The zero-order chi connectivity index (χ0) is 12.3. The first kappa shape index (κ1) is 11.7. The van der Waals surface area contributed by atoms with Crippen molar-refractivity contribution in [2.24, 2.45) is 5.92 Å². The van der Waals surface area contributed by atoms with Crippen LogP contribution in [0.1, 0.15) is 28.8 Å². The SMILES string of the molecule is C#CCN(CC1CC1)c1ccc(C=O)c(C)c1. The average Bonchev–Trinajstić information content (AvgIpc) is 3.12. The van der Waals surface area contributed by atoms with Crippen molar-refractivity contribution in [1.82, 2.24) is 0 Å². The van der Waals surface area contributed by atoms with E-state index in [-0.39, 0.29) is 0 Å². The number of aryl methyl sites for hydroxylation is 1. The summed E-state index contributed by atoms with van der Waals surface area (Å²) in [6.07, 6.45) is 8.93. The molecule has 0 heterocycles. The minimum Gasteiger partial charge on any atom is -0.360 e. The van der Waals surface area contributed by atoms with E-state index in [2.05, 4.69) is 10.8 Å². The largest absolute Gasteiger partial charge is 0.360 e. The molecule has 0 N–H and O–H groups in total. The lowest BCUT2D eigenvalue weighted by Crippen LogP contribution is -2.26. The predicted molar refractivity (Wildman–Crippen MR) is 70.3 cm³/mol. The molecule has 1 aliphatic rings. The molecule has 1 aromatic carbocycles. The number of terminal acetylenes is 1. The summed E-state index contributed by atoms with van der Waals surface area (Å²) in [7, 11) is 0. The standard InChI is InChI=1S/C15H17NO/c1-3-8-16(10-13-4-5-13)15-7-6-14(11-17)12(2)9-15/h1,6-7,9,11,13H,4-5,8,10H2,2H3. The highest BCUT2D eigenvalue weighted by molar-refractivity contribution is 5.78. The fourth-order valence-electron chi connectivity index (χ4n) is 1.97. The Balaban J connectivity index is 2.19. The van der Waals surface area contributed by atoms with Gasteiger partial charge in [0.2, 0.25) is 0 Å². The minimum absolute atomic E-state index is 0.635. The second-order valence-electron chi connectivity index (χ2n) is 4.69. The first-order valence-corrected chi connectivity index (χ1v) is 5.99. The van der Waals surface area contributed by atoms with Crippen molar-refractivity contribution in [3.05, 3.63) is 29.3 Å². The maximum atomic E-state index is 10.8. The van der Waals surface area contributed by atoms with E-state index < -0.39 is 0 Å². The van der Waals surface area contributed by atoms with Crippen LogP contribution in [0.15, 0.2) is 18.2 Å². The van der Waals surface area contributed by atoms with E-state index in [1.54, 1.807) is 0 Å². The Hall–Kier alpha value is -1.75. The third-order valence-corrected chi connectivity index (χ3v) is 3.20. The second-order valence-corrected chi connectivity index (χ2v) is 4.69. The number of hydrogen-bond donors (Lipinski definition) is 0. The molecule has 0 amide bonds. The molecule has 2 heteroatoms. The number of rotatable bonds is 5. The van der Waals surface area contributed by atoms with E-state index in [1.807, 2.05) is 25.1 Å². The molecule has 17 heavy (non-hydrogen) atoms. The molecular weight excluding hydrogens is 210 g/mol. The summed E-state index contributed by atoms with van der Waals surface area (Å²) in [4.78, 5) is 13.0. The second kappa shape index (κ2) is 5.05. The number of carbonyl (C=O) groups excluding carboxylic acids is 1. The number of hydrogen-bond acceptors (Lipinski definition) is 2. The Morgan fingerprint density at radius 2 is 2.29 bits per heavy atom. The number of carbonyl (C=O) groups is 1. The van der Waals surface area contributed by atoms with E-state index >= 15 is 0 Å². The van der Waals surface area contributed by atoms with Crippen LogP contribution < -0.4 is 4.90 Å². The van der Waals surface area contributed by atoms with Gasteiger partial charge >= 0.3 is 0 Å². The fourth-order valence-corrected chi connectivity index (χ4v) is 1.97. The molecule has 1 aliphatic carbocycles. The molecule has 2 nitrogen and oxygen atoms in total. The summed E-state index contributed by atoms with van der Waals surface area (Å²) in [5.41, 5.74) is 2.88. The number of anilines is 1. The van der Waals surface area contributed by atoms with Gasteiger partial charge in [-0.3, -0.25) is 4.79 Å². The van der Waals surface area contributed by atoms with E-state index in [4.69, 9.17) is 6.42 Å². The highest BCUT2D eigenvalue weighted by Crippen LogP contribution is 2.31. The van der Waals surface area contributed by atoms with Crippen molar-refractivity contribution < 1.29 is 4.79 Å². The maximum Gasteiger partial charge on any atom is 0.150 e. The van der Waals surface area contributed by atoms with E-state index in [0.29, 0.717) is 6.54 Å². The summed E-state index contributed by atoms with van der Waals surface area (Å²) in [6, 6.07) is 5.90. The zero-order valence-electron chi connectivity index (χ0n) is 10.1. The quantitative estimate of drug-likeness (QED) is 0.569. The van der Waals surface area contributed by atoms with Crippen LogP contribution in [0.4, 0.5) is 5.69 Å². The van der Waals surface area contributed by atoms with E-state index in [1.165, 1.54) is 12.8 Å². The Kier molecular flexibility index (Phi) is 3.49. The fraction of sp³-hybridized carbons (Fsp3) is 0.400. The van der Waals surface area contributed by atoms with Gasteiger partial charge in [0.15, 0.2) is 0 Å². The van der Waals surface area contributed by atoms with Gasteiger partial charge in [0.05, 0.1) is 6.54 Å². The van der Waals surface area contributed by atoms with Gasteiger partial charge in [0.1, 0.15) is 6.29 Å². The van der Waals surface area contributed by atoms with Crippen molar-refractivity contribution in [3.8, 4) is 12.3 Å². The van der Waals surface area contributed by atoms with Gasteiger partial charge in [-0.25, -0.2) is 0 Å². The number of benzene rings is 1. The molecule has 1 fully saturated rings. The Morgan fingerprint density at radius 3 is 2.82 bits per heavy atom. The molecule has 0 aromatic heterocycles. The third-order valence-electron chi connectivity index (χ3n) is 3.20. The average molecular weight is 227 g/mol. The van der Waals surface area contributed by atoms with Crippen molar-refractivity contribution in [3.63, 3.8) is 0 Å². The minimum atomic E-state index is 0.635. The normalized spacial score (nSPS) is 14.1.